The zero-order valence-corrected chi connectivity index (χ0v) is 19.9. The Morgan fingerprint density at radius 2 is 1.53 bits per heavy atom. The second-order valence-electron chi connectivity index (χ2n) is 8.50. The Labute approximate surface area is 190 Å². The lowest BCUT2D eigenvalue weighted by Crippen LogP contribution is -2.36. The van der Waals surface area contributed by atoms with Gasteiger partial charge >= 0.3 is 0 Å². The molecule has 0 fully saturated rings. The SMILES string of the molecule is CCCn1cc(CN=C(NC(=O)c2cc(C)cc(C)c2)Nc2cc(C)cc(C)c2)c(C)n1. The van der Waals surface area contributed by atoms with Crippen LogP contribution in [0, 0.1) is 34.6 Å². The molecular formula is C26H33N5O. The number of hydrogen-bond acceptors (Lipinski definition) is 3. The van der Waals surface area contributed by atoms with E-state index in [0.717, 1.165) is 52.2 Å². The van der Waals surface area contributed by atoms with Gasteiger partial charge in [-0.3, -0.25) is 14.8 Å². The summed E-state index contributed by atoms with van der Waals surface area (Å²) >= 11 is 0. The maximum Gasteiger partial charge on any atom is 0.257 e. The highest BCUT2D eigenvalue weighted by molar-refractivity contribution is 6.10. The number of guanidine groups is 1. The lowest BCUT2D eigenvalue weighted by molar-refractivity contribution is 0.0976. The molecule has 2 aromatic carbocycles. The van der Waals surface area contributed by atoms with E-state index in [-0.39, 0.29) is 5.91 Å². The summed E-state index contributed by atoms with van der Waals surface area (Å²) in [6.07, 6.45) is 3.05. The maximum atomic E-state index is 13.0. The first-order chi connectivity index (χ1) is 15.2. The summed E-state index contributed by atoms with van der Waals surface area (Å²) in [7, 11) is 0. The largest absolute Gasteiger partial charge is 0.326 e. The third kappa shape index (κ3) is 6.30. The monoisotopic (exact) mass is 431 g/mol. The van der Waals surface area contributed by atoms with Crippen molar-refractivity contribution in [2.75, 3.05) is 5.32 Å². The van der Waals surface area contributed by atoms with Crippen LogP contribution in [0.3, 0.4) is 0 Å². The summed E-state index contributed by atoms with van der Waals surface area (Å²) in [5, 5.41) is 10.8. The average Bonchev–Trinajstić information content (AvgIpc) is 3.04. The number of aryl methyl sites for hydroxylation is 6. The number of amides is 1. The third-order valence-electron chi connectivity index (χ3n) is 5.11. The number of nitrogens with one attached hydrogen (secondary N) is 2. The molecule has 0 radical (unpaired) electrons. The smallest absolute Gasteiger partial charge is 0.257 e. The molecule has 0 bridgehead atoms. The number of carbonyl (C=O) groups is 1. The van der Waals surface area contributed by atoms with Crippen molar-refractivity contribution in [2.45, 2.75) is 61.1 Å². The van der Waals surface area contributed by atoms with Crippen molar-refractivity contribution in [1.82, 2.24) is 15.1 Å². The number of aromatic nitrogens is 2. The molecule has 2 N–H and O–H groups in total. The molecule has 0 spiro atoms. The van der Waals surface area contributed by atoms with Crippen LogP contribution in [0.2, 0.25) is 0 Å². The van der Waals surface area contributed by atoms with Gasteiger partial charge in [0.15, 0.2) is 0 Å². The van der Waals surface area contributed by atoms with E-state index < -0.39 is 0 Å². The molecule has 0 atom stereocenters. The van der Waals surface area contributed by atoms with Crippen LogP contribution in [0.1, 0.15) is 57.2 Å². The normalized spacial score (nSPS) is 11.5. The maximum absolute atomic E-state index is 13.0. The van der Waals surface area contributed by atoms with E-state index in [2.05, 4.69) is 48.6 Å². The molecular weight excluding hydrogens is 398 g/mol. The van der Waals surface area contributed by atoms with Crippen LogP contribution in [0.15, 0.2) is 47.6 Å². The van der Waals surface area contributed by atoms with Crippen LogP contribution in [0.25, 0.3) is 0 Å². The van der Waals surface area contributed by atoms with Gasteiger partial charge in [-0.05, 0) is 76.4 Å². The summed E-state index contributed by atoms with van der Waals surface area (Å²) in [4.78, 5) is 17.7. The highest BCUT2D eigenvalue weighted by atomic mass is 16.1. The summed E-state index contributed by atoms with van der Waals surface area (Å²) in [6.45, 7) is 13.5. The van der Waals surface area contributed by atoms with Crippen LogP contribution in [-0.4, -0.2) is 21.6 Å². The van der Waals surface area contributed by atoms with Gasteiger partial charge in [-0.15, -0.1) is 0 Å². The van der Waals surface area contributed by atoms with Crippen LogP contribution in [-0.2, 0) is 13.1 Å². The minimum absolute atomic E-state index is 0.189. The first kappa shape index (κ1) is 23.3. The molecule has 168 valence electrons. The van der Waals surface area contributed by atoms with Crippen molar-refractivity contribution in [3.05, 3.63) is 81.7 Å². The van der Waals surface area contributed by atoms with Crippen molar-refractivity contribution >= 4 is 17.6 Å². The van der Waals surface area contributed by atoms with Crippen LogP contribution >= 0.6 is 0 Å². The minimum atomic E-state index is -0.189. The van der Waals surface area contributed by atoms with Crippen molar-refractivity contribution in [3.8, 4) is 0 Å². The minimum Gasteiger partial charge on any atom is -0.326 e. The molecule has 3 aromatic rings. The molecule has 0 unspecified atom stereocenters. The molecule has 0 aliphatic rings. The summed E-state index contributed by atoms with van der Waals surface area (Å²) in [6, 6.07) is 12.0. The molecule has 0 saturated heterocycles. The zero-order valence-electron chi connectivity index (χ0n) is 19.9. The molecule has 1 heterocycles. The quantitative estimate of drug-likeness (QED) is 0.414. The number of rotatable bonds is 6. The molecule has 1 aromatic heterocycles. The van der Waals surface area contributed by atoms with Gasteiger partial charge in [0.1, 0.15) is 0 Å². The Balaban J connectivity index is 1.87. The second-order valence-corrected chi connectivity index (χ2v) is 8.50. The summed E-state index contributed by atoms with van der Waals surface area (Å²) in [5.74, 6) is 0.229. The zero-order chi connectivity index (χ0) is 23.3. The van der Waals surface area contributed by atoms with Crippen molar-refractivity contribution in [2.24, 2.45) is 4.99 Å². The Morgan fingerprint density at radius 1 is 0.938 bits per heavy atom. The first-order valence-electron chi connectivity index (χ1n) is 11.1. The summed E-state index contributed by atoms with van der Waals surface area (Å²) in [5.41, 5.74) is 7.88. The van der Waals surface area contributed by atoms with Gasteiger partial charge in [-0.25, -0.2) is 4.99 Å². The third-order valence-corrected chi connectivity index (χ3v) is 5.11. The van der Waals surface area contributed by atoms with Crippen molar-refractivity contribution < 1.29 is 4.79 Å². The fraction of sp³-hybridized carbons (Fsp3) is 0.346. The van der Waals surface area contributed by atoms with Gasteiger partial charge in [0.2, 0.25) is 5.96 Å². The van der Waals surface area contributed by atoms with Crippen LogP contribution in [0.5, 0.6) is 0 Å². The fourth-order valence-electron chi connectivity index (χ4n) is 3.80. The Hall–Kier alpha value is -3.41. The predicted molar refractivity (Wildman–Crippen MR) is 131 cm³/mol. The molecule has 6 nitrogen and oxygen atoms in total. The number of carbonyl (C=O) groups excluding carboxylic acids is 1. The lowest BCUT2D eigenvalue weighted by Gasteiger charge is -2.14. The van der Waals surface area contributed by atoms with Crippen LogP contribution < -0.4 is 10.6 Å². The number of anilines is 1. The highest BCUT2D eigenvalue weighted by Crippen LogP contribution is 2.15. The van der Waals surface area contributed by atoms with E-state index in [4.69, 9.17) is 4.99 Å². The van der Waals surface area contributed by atoms with Gasteiger partial charge in [0, 0.05) is 29.6 Å². The van der Waals surface area contributed by atoms with Crippen LogP contribution in [0.4, 0.5) is 5.69 Å². The molecule has 0 aliphatic carbocycles. The molecule has 0 aliphatic heterocycles. The van der Waals surface area contributed by atoms with Gasteiger partial charge < -0.3 is 5.32 Å². The topological polar surface area (TPSA) is 71.3 Å². The first-order valence-corrected chi connectivity index (χ1v) is 11.1. The fourth-order valence-corrected chi connectivity index (χ4v) is 3.80. The number of benzene rings is 2. The Kier molecular flexibility index (Phi) is 7.46. The van der Waals surface area contributed by atoms with Gasteiger partial charge in [0.25, 0.3) is 5.91 Å². The van der Waals surface area contributed by atoms with Gasteiger partial charge in [-0.2, -0.15) is 5.10 Å². The molecule has 0 saturated carbocycles. The molecule has 3 rings (SSSR count). The van der Waals surface area contributed by atoms with E-state index >= 15 is 0 Å². The van der Waals surface area contributed by atoms with E-state index in [9.17, 15) is 4.79 Å². The number of hydrogen-bond donors (Lipinski definition) is 2. The molecule has 6 heteroatoms. The van der Waals surface area contributed by atoms with E-state index in [0.29, 0.717) is 18.1 Å². The van der Waals surface area contributed by atoms with Crippen molar-refractivity contribution in [3.63, 3.8) is 0 Å². The van der Waals surface area contributed by atoms with Gasteiger partial charge in [-0.1, -0.05) is 30.2 Å². The lowest BCUT2D eigenvalue weighted by atomic mass is 10.1. The van der Waals surface area contributed by atoms with E-state index in [1.807, 2.05) is 55.9 Å². The second kappa shape index (κ2) is 10.3. The Morgan fingerprint density at radius 3 is 2.12 bits per heavy atom. The number of aliphatic imine (C=N–C) groups is 1. The Bertz CT molecular complexity index is 1100. The predicted octanol–water partition coefficient (Wildman–Crippen LogP) is 5.23. The standard InChI is InChI=1S/C26H33N5O/c1-7-8-31-16-23(21(6)30-31)15-27-26(28-24-13-19(4)10-20(5)14-24)29-25(32)22-11-17(2)9-18(3)12-22/h9-14,16H,7-8,15H2,1-6H3,(H2,27,28,29,32). The highest BCUT2D eigenvalue weighted by Gasteiger charge is 2.12. The number of nitrogens with zero attached hydrogens (tertiary/aromatic N) is 3. The average molecular weight is 432 g/mol. The van der Waals surface area contributed by atoms with Gasteiger partial charge in [0.05, 0.1) is 12.2 Å². The van der Waals surface area contributed by atoms with Crippen molar-refractivity contribution in [1.29, 1.82) is 0 Å². The van der Waals surface area contributed by atoms with E-state index in [1.54, 1.807) is 0 Å². The molecule has 32 heavy (non-hydrogen) atoms. The summed E-state index contributed by atoms with van der Waals surface area (Å²) < 4.78 is 1.95. The molecule has 1 amide bonds. The van der Waals surface area contributed by atoms with E-state index in [1.165, 1.54) is 0 Å².